The SMILES string of the molecule is Cc1ccccc1C(C)C.O=S(=O)(O)O. The molecule has 0 saturated carbocycles. The molecule has 0 amide bonds. The molecule has 0 bridgehead atoms. The summed E-state index contributed by atoms with van der Waals surface area (Å²) in [6.07, 6.45) is 0. The van der Waals surface area contributed by atoms with Gasteiger partial charge in [0, 0.05) is 0 Å². The summed E-state index contributed by atoms with van der Waals surface area (Å²) in [4.78, 5) is 0. The van der Waals surface area contributed by atoms with E-state index in [1.54, 1.807) is 0 Å². The normalized spacial score (nSPS) is 10.8. The number of hydrogen-bond donors (Lipinski definition) is 2. The minimum Gasteiger partial charge on any atom is -0.264 e. The third kappa shape index (κ3) is 8.11. The molecule has 5 heteroatoms. The average Bonchev–Trinajstić information content (AvgIpc) is 2.01. The molecule has 4 nitrogen and oxygen atoms in total. The van der Waals surface area contributed by atoms with Crippen molar-refractivity contribution in [2.24, 2.45) is 0 Å². The molecule has 1 rings (SSSR count). The van der Waals surface area contributed by atoms with Crippen molar-refractivity contribution in [3.8, 4) is 0 Å². The largest absolute Gasteiger partial charge is 0.394 e. The van der Waals surface area contributed by atoms with Crippen LogP contribution in [-0.4, -0.2) is 17.5 Å². The Morgan fingerprint density at radius 3 is 1.80 bits per heavy atom. The Balaban J connectivity index is 0.000000336. The number of rotatable bonds is 1. The van der Waals surface area contributed by atoms with Gasteiger partial charge in [0.2, 0.25) is 0 Å². The van der Waals surface area contributed by atoms with Gasteiger partial charge in [-0.1, -0.05) is 38.1 Å². The summed E-state index contributed by atoms with van der Waals surface area (Å²) in [5.74, 6) is 0.654. The predicted molar refractivity (Wildman–Crippen MR) is 59.4 cm³/mol. The van der Waals surface area contributed by atoms with E-state index in [-0.39, 0.29) is 0 Å². The maximum Gasteiger partial charge on any atom is 0.394 e. The molecule has 0 heterocycles. The van der Waals surface area contributed by atoms with Crippen LogP contribution in [0.5, 0.6) is 0 Å². The maximum atomic E-state index is 8.74. The van der Waals surface area contributed by atoms with Crippen LogP contribution in [0, 0.1) is 6.92 Å². The molecule has 1 aromatic rings. The predicted octanol–water partition coefficient (Wildman–Crippen LogP) is 2.47. The summed E-state index contributed by atoms with van der Waals surface area (Å²) < 4.78 is 31.6. The van der Waals surface area contributed by atoms with Crippen molar-refractivity contribution in [2.75, 3.05) is 0 Å². The maximum absolute atomic E-state index is 8.74. The van der Waals surface area contributed by atoms with Gasteiger partial charge in [-0.15, -0.1) is 0 Å². The second-order valence-electron chi connectivity index (χ2n) is 3.46. The Morgan fingerprint density at radius 2 is 1.53 bits per heavy atom. The molecule has 2 N–H and O–H groups in total. The molecule has 0 unspecified atom stereocenters. The van der Waals surface area contributed by atoms with Crippen LogP contribution in [0.4, 0.5) is 0 Å². The highest BCUT2D eigenvalue weighted by Gasteiger charge is 1.99. The van der Waals surface area contributed by atoms with E-state index < -0.39 is 10.4 Å². The molecule has 86 valence electrons. The lowest BCUT2D eigenvalue weighted by Gasteiger charge is -2.07. The van der Waals surface area contributed by atoms with Crippen LogP contribution in [0.25, 0.3) is 0 Å². The first-order valence-corrected chi connectivity index (χ1v) is 5.87. The van der Waals surface area contributed by atoms with E-state index in [1.807, 2.05) is 0 Å². The Bertz CT molecular complexity index is 388. The van der Waals surface area contributed by atoms with Crippen LogP contribution in [0.15, 0.2) is 24.3 Å². The fourth-order valence-corrected chi connectivity index (χ4v) is 1.23. The molecule has 0 saturated heterocycles. The Kier molecular flexibility index (Phi) is 5.49. The third-order valence-electron chi connectivity index (χ3n) is 1.81. The minimum absolute atomic E-state index is 0.654. The highest BCUT2D eigenvalue weighted by molar-refractivity contribution is 7.79. The first kappa shape index (κ1) is 14.1. The van der Waals surface area contributed by atoms with E-state index in [0.29, 0.717) is 5.92 Å². The van der Waals surface area contributed by atoms with Crippen LogP contribution in [0.3, 0.4) is 0 Å². The van der Waals surface area contributed by atoms with Crippen molar-refractivity contribution < 1.29 is 17.5 Å². The fraction of sp³-hybridized carbons (Fsp3) is 0.400. The average molecular weight is 232 g/mol. The third-order valence-corrected chi connectivity index (χ3v) is 1.81. The first-order chi connectivity index (χ1) is 6.72. The summed E-state index contributed by atoms with van der Waals surface area (Å²) in [6.45, 7) is 6.61. The highest BCUT2D eigenvalue weighted by atomic mass is 32.3. The molecule has 0 aliphatic heterocycles. The van der Waals surface area contributed by atoms with Gasteiger partial charge in [0.15, 0.2) is 0 Å². The molecule has 15 heavy (non-hydrogen) atoms. The zero-order valence-corrected chi connectivity index (χ0v) is 9.82. The van der Waals surface area contributed by atoms with Gasteiger partial charge in [0.1, 0.15) is 0 Å². The fourth-order valence-electron chi connectivity index (χ4n) is 1.23. The van der Waals surface area contributed by atoms with Crippen LogP contribution in [-0.2, 0) is 10.4 Å². The van der Waals surface area contributed by atoms with E-state index in [9.17, 15) is 0 Å². The molecule has 0 fully saturated rings. The second kappa shape index (κ2) is 5.85. The molecule has 0 aliphatic rings. The molecular formula is C10H16O4S. The van der Waals surface area contributed by atoms with Crippen molar-refractivity contribution in [2.45, 2.75) is 26.7 Å². The van der Waals surface area contributed by atoms with Crippen LogP contribution < -0.4 is 0 Å². The Hall–Kier alpha value is -0.910. The van der Waals surface area contributed by atoms with Crippen molar-refractivity contribution in [3.05, 3.63) is 35.4 Å². The molecule has 0 atom stereocenters. The van der Waals surface area contributed by atoms with E-state index >= 15 is 0 Å². The molecule has 0 radical (unpaired) electrons. The number of benzene rings is 1. The topological polar surface area (TPSA) is 74.6 Å². The van der Waals surface area contributed by atoms with E-state index in [1.165, 1.54) is 11.1 Å². The van der Waals surface area contributed by atoms with E-state index in [4.69, 9.17) is 17.5 Å². The van der Waals surface area contributed by atoms with Gasteiger partial charge < -0.3 is 0 Å². The zero-order chi connectivity index (χ0) is 12.1. The lowest BCUT2D eigenvalue weighted by Crippen LogP contribution is -1.89. The second-order valence-corrected chi connectivity index (χ2v) is 4.35. The zero-order valence-electron chi connectivity index (χ0n) is 9.01. The van der Waals surface area contributed by atoms with Gasteiger partial charge in [-0.2, -0.15) is 8.42 Å². The van der Waals surface area contributed by atoms with Crippen molar-refractivity contribution in [1.29, 1.82) is 0 Å². The summed E-state index contributed by atoms with van der Waals surface area (Å²) >= 11 is 0. The smallest absolute Gasteiger partial charge is 0.264 e. The number of aryl methyl sites for hydroxylation is 1. The summed E-state index contributed by atoms with van der Waals surface area (Å²) in [5.41, 5.74) is 2.86. The lowest BCUT2D eigenvalue weighted by atomic mass is 9.99. The van der Waals surface area contributed by atoms with Gasteiger partial charge in [-0.25, -0.2) is 0 Å². The summed E-state index contributed by atoms with van der Waals surface area (Å²) in [7, 11) is -4.67. The van der Waals surface area contributed by atoms with Gasteiger partial charge in [0.25, 0.3) is 0 Å². The van der Waals surface area contributed by atoms with Gasteiger partial charge in [-0.05, 0) is 24.0 Å². The van der Waals surface area contributed by atoms with Crippen LogP contribution in [0.1, 0.15) is 30.9 Å². The standard InChI is InChI=1S/C10H14.H2O4S/c1-8(2)10-7-5-4-6-9(10)3;1-5(2,3)4/h4-8H,1-3H3;(H2,1,2,3,4). The van der Waals surface area contributed by atoms with Crippen molar-refractivity contribution in [1.82, 2.24) is 0 Å². The van der Waals surface area contributed by atoms with Crippen LogP contribution in [0.2, 0.25) is 0 Å². The Labute approximate surface area is 90.5 Å². The number of hydrogen-bond acceptors (Lipinski definition) is 2. The molecule has 1 aromatic carbocycles. The van der Waals surface area contributed by atoms with E-state index in [2.05, 4.69) is 45.0 Å². The Morgan fingerprint density at radius 1 is 1.13 bits per heavy atom. The van der Waals surface area contributed by atoms with E-state index in [0.717, 1.165) is 0 Å². The molecular weight excluding hydrogens is 216 g/mol. The molecule has 0 aromatic heterocycles. The first-order valence-electron chi connectivity index (χ1n) is 4.47. The monoisotopic (exact) mass is 232 g/mol. The lowest BCUT2D eigenvalue weighted by molar-refractivity contribution is 0.381. The van der Waals surface area contributed by atoms with Gasteiger partial charge in [-0.3, -0.25) is 9.11 Å². The summed E-state index contributed by atoms with van der Waals surface area (Å²) in [5, 5.41) is 0. The van der Waals surface area contributed by atoms with Gasteiger partial charge in [0.05, 0.1) is 0 Å². The quantitative estimate of drug-likeness (QED) is 0.729. The van der Waals surface area contributed by atoms with Crippen molar-refractivity contribution in [3.63, 3.8) is 0 Å². The molecule has 0 spiro atoms. The minimum atomic E-state index is -4.67. The molecule has 0 aliphatic carbocycles. The van der Waals surface area contributed by atoms with Crippen molar-refractivity contribution >= 4 is 10.4 Å². The van der Waals surface area contributed by atoms with Crippen LogP contribution >= 0.6 is 0 Å². The highest BCUT2D eigenvalue weighted by Crippen LogP contribution is 2.17. The summed E-state index contributed by atoms with van der Waals surface area (Å²) in [6, 6.07) is 8.54. The van der Waals surface area contributed by atoms with Gasteiger partial charge >= 0.3 is 10.4 Å².